The van der Waals surface area contributed by atoms with Crippen LogP contribution in [-0.2, 0) is 9.59 Å². The van der Waals surface area contributed by atoms with Crippen molar-refractivity contribution in [1.82, 2.24) is 4.90 Å². The van der Waals surface area contributed by atoms with E-state index in [1.165, 1.54) is 6.42 Å². The zero-order valence-electron chi connectivity index (χ0n) is 11.8. The number of carbonyl (C=O) groups excluding carboxylic acids is 1. The van der Waals surface area contributed by atoms with E-state index in [1.807, 2.05) is 4.90 Å². The molecular weight excluding hydrogens is 276 g/mol. The summed E-state index contributed by atoms with van der Waals surface area (Å²) in [4.78, 5) is 25.7. The first-order chi connectivity index (χ1) is 9.59. The van der Waals surface area contributed by atoms with Gasteiger partial charge < -0.3 is 15.7 Å². The Morgan fingerprint density at radius 1 is 1.30 bits per heavy atom. The van der Waals surface area contributed by atoms with E-state index in [9.17, 15) is 9.59 Å². The van der Waals surface area contributed by atoms with Crippen LogP contribution in [0.25, 0.3) is 0 Å². The van der Waals surface area contributed by atoms with Crippen molar-refractivity contribution in [1.29, 1.82) is 0 Å². The van der Waals surface area contributed by atoms with Gasteiger partial charge >= 0.3 is 5.97 Å². The minimum absolute atomic E-state index is 0.0411. The molecular formula is C14H24N2O3S. The third-order valence-corrected chi connectivity index (χ3v) is 5.65. The van der Waals surface area contributed by atoms with Gasteiger partial charge in [0.05, 0.1) is 17.9 Å². The van der Waals surface area contributed by atoms with Crippen molar-refractivity contribution in [2.75, 3.05) is 24.6 Å². The molecule has 0 bridgehead atoms. The summed E-state index contributed by atoms with van der Waals surface area (Å²) < 4.78 is 0. The minimum Gasteiger partial charge on any atom is -0.481 e. The van der Waals surface area contributed by atoms with Crippen LogP contribution < -0.4 is 5.73 Å². The van der Waals surface area contributed by atoms with E-state index in [0.717, 1.165) is 37.2 Å². The lowest BCUT2D eigenvalue weighted by Crippen LogP contribution is -2.55. The molecule has 1 saturated carbocycles. The van der Waals surface area contributed by atoms with E-state index in [4.69, 9.17) is 10.8 Å². The quantitative estimate of drug-likeness (QED) is 0.818. The number of hydrogen-bond donors (Lipinski definition) is 2. The summed E-state index contributed by atoms with van der Waals surface area (Å²) in [6.07, 6.45) is 5.02. The van der Waals surface area contributed by atoms with Gasteiger partial charge in [-0.2, -0.15) is 11.8 Å². The molecule has 1 atom stereocenters. The summed E-state index contributed by atoms with van der Waals surface area (Å²) in [5.74, 6) is 0.883. The van der Waals surface area contributed by atoms with Crippen LogP contribution in [-0.4, -0.2) is 52.5 Å². The van der Waals surface area contributed by atoms with Gasteiger partial charge in [-0.15, -0.1) is 0 Å². The van der Waals surface area contributed by atoms with Crippen LogP contribution >= 0.6 is 11.8 Å². The molecule has 0 aromatic heterocycles. The average molecular weight is 300 g/mol. The number of nitrogens with zero attached hydrogens (tertiary/aromatic N) is 1. The van der Waals surface area contributed by atoms with E-state index in [1.54, 1.807) is 11.8 Å². The first-order valence-corrected chi connectivity index (χ1v) is 8.55. The highest BCUT2D eigenvalue weighted by Crippen LogP contribution is 2.38. The van der Waals surface area contributed by atoms with Gasteiger partial charge in [0.1, 0.15) is 0 Å². The molecule has 20 heavy (non-hydrogen) atoms. The van der Waals surface area contributed by atoms with Crippen molar-refractivity contribution in [3.05, 3.63) is 0 Å². The molecule has 1 aliphatic heterocycles. The van der Waals surface area contributed by atoms with Gasteiger partial charge in [0.2, 0.25) is 5.91 Å². The average Bonchev–Trinajstić information content (AvgIpc) is 2.47. The van der Waals surface area contributed by atoms with Crippen molar-refractivity contribution in [2.24, 2.45) is 11.1 Å². The number of rotatable bonds is 4. The van der Waals surface area contributed by atoms with Crippen LogP contribution in [0.5, 0.6) is 0 Å². The SMILES string of the molecule is NCC1(C(=O)N2CCSCC2CC(=O)O)CCCCC1. The van der Waals surface area contributed by atoms with Crippen LogP contribution in [0, 0.1) is 5.41 Å². The molecule has 1 saturated heterocycles. The fraction of sp³-hybridized carbons (Fsp3) is 0.857. The van der Waals surface area contributed by atoms with Gasteiger partial charge in [-0.3, -0.25) is 9.59 Å². The standard InChI is InChI=1S/C14H24N2O3S/c15-10-14(4-2-1-3-5-14)13(19)16-6-7-20-9-11(16)8-12(17)18/h11H,1-10,15H2,(H,17,18). The Labute approximate surface area is 124 Å². The minimum atomic E-state index is -0.833. The molecule has 1 amide bonds. The lowest BCUT2D eigenvalue weighted by atomic mass is 9.72. The van der Waals surface area contributed by atoms with E-state index in [0.29, 0.717) is 13.1 Å². The van der Waals surface area contributed by atoms with Gasteiger partial charge in [-0.05, 0) is 12.8 Å². The van der Waals surface area contributed by atoms with E-state index in [-0.39, 0.29) is 18.4 Å². The van der Waals surface area contributed by atoms with Crippen molar-refractivity contribution < 1.29 is 14.7 Å². The predicted octanol–water partition coefficient (Wildman–Crippen LogP) is 1.31. The largest absolute Gasteiger partial charge is 0.481 e. The molecule has 0 aromatic rings. The molecule has 1 aliphatic carbocycles. The van der Waals surface area contributed by atoms with Crippen molar-refractivity contribution >= 4 is 23.6 Å². The van der Waals surface area contributed by atoms with Crippen molar-refractivity contribution in [3.63, 3.8) is 0 Å². The number of carbonyl (C=O) groups is 2. The third kappa shape index (κ3) is 3.28. The zero-order chi connectivity index (χ0) is 14.6. The summed E-state index contributed by atoms with van der Waals surface area (Å²) in [7, 11) is 0. The molecule has 5 nitrogen and oxygen atoms in total. The lowest BCUT2D eigenvalue weighted by Gasteiger charge is -2.43. The summed E-state index contributed by atoms with van der Waals surface area (Å²) in [6.45, 7) is 1.04. The maximum absolute atomic E-state index is 12.9. The number of aliphatic carboxylic acids is 1. The lowest BCUT2D eigenvalue weighted by molar-refractivity contribution is -0.147. The fourth-order valence-corrected chi connectivity index (χ4v) is 4.39. The second kappa shape index (κ2) is 6.80. The number of hydrogen-bond acceptors (Lipinski definition) is 4. The normalized spacial score (nSPS) is 26.2. The number of carboxylic acid groups (broad SMARTS) is 1. The van der Waals surface area contributed by atoms with E-state index in [2.05, 4.69) is 0 Å². The summed E-state index contributed by atoms with van der Waals surface area (Å²) in [5, 5.41) is 9.03. The van der Waals surface area contributed by atoms with E-state index >= 15 is 0 Å². The maximum atomic E-state index is 12.9. The van der Waals surface area contributed by atoms with Crippen LogP contribution in [0.15, 0.2) is 0 Å². The molecule has 3 N–H and O–H groups in total. The second-order valence-corrected chi connectivity index (χ2v) is 7.02. The Bertz CT molecular complexity index is 369. The highest BCUT2D eigenvalue weighted by molar-refractivity contribution is 7.99. The summed E-state index contributed by atoms with van der Waals surface area (Å²) >= 11 is 1.73. The first-order valence-electron chi connectivity index (χ1n) is 7.40. The number of nitrogens with two attached hydrogens (primary N) is 1. The molecule has 1 heterocycles. The van der Waals surface area contributed by atoms with Gasteiger partial charge in [-0.25, -0.2) is 0 Å². The Hall–Kier alpha value is -0.750. The molecule has 6 heteroatoms. The van der Waals surface area contributed by atoms with Gasteiger partial charge in [0.25, 0.3) is 0 Å². The Balaban J connectivity index is 2.13. The van der Waals surface area contributed by atoms with Gasteiger partial charge in [-0.1, -0.05) is 19.3 Å². The highest BCUT2D eigenvalue weighted by atomic mass is 32.2. The molecule has 2 aliphatic rings. The van der Waals surface area contributed by atoms with Crippen LogP contribution in [0.4, 0.5) is 0 Å². The molecule has 1 unspecified atom stereocenters. The number of carboxylic acids is 1. The molecule has 0 spiro atoms. The van der Waals surface area contributed by atoms with Crippen LogP contribution in [0.1, 0.15) is 38.5 Å². The molecule has 114 valence electrons. The number of thioether (sulfide) groups is 1. The van der Waals surface area contributed by atoms with Crippen molar-refractivity contribution in [3.8, 4) is 0 Å². The monoisotopic (exact) mass is 300 g/mol. The molecule has 2 fully saturated rings. The zero-order valence-corrected chi connectivity index (χ0v) is 12.7. The fourth-order valence-electron chi connectivity index (χ4n) is 3.33. The Kier molecular flexibility index (Phi) is 5.32. The predicted molar refractivity (Wildman–Crippen MR) is 79.7 cm³/mol. The highest BCUT2D eigenvalue weighted by Gasteiger charge is 2.43. The first kappa shape index (κ1) is 15.6. The summed E-state index contributed by atoms with van der Waals surface area (Å²) in [5.41, 5.74) is 5.49. The smallest absolute Gasteiger partial charge is 0.305 e. The Morgan fingerprint density at radius 3 is 2.60 bits per heavy atom. The Morgan fingerprint density at radius 2 is 2.00 bits per heavy atom. The van der Waals surface area contributed by atoms with Crippen LogP contribution in [0.3, 0.4) is 0 Å². The topological polar surface area (TPSA) is 83.6 Å². The van der Waals surface area contributed by atoms with Gasteiger partial charge in [0.15, 0.2) is 0 Å². The maximum Gasteiger partial charge on any atom is 0.305 e. The third-order valence-electron chi connectivity index (χ3n) is 4.55. The molecule has 0 aromatic carbocycles. The van der Waals surface area contributed by atoms with Crippen LogP contribution in [0.2, 0.25) is 0 Å². The number of amides is 1. The second-order valence-electron chi connectivity index (χ2n) is 5.87. The summed E-state index contributed by atoms with van der Waals surface area (Å²) in [6, 6.07) is -0.177. The van der Waals surface area contributed by atoms with Crippen molar-refractivity contribution in [2.45, 2.75) is 44.6 Å². The van der Waals surface area contributed by atoms with E-state index < -0.39 is 11.4 Å². The molecule has 2 rings (SSSR count). The van der Waals surface area contributed by atoms with Gasteiger partial charge in [0, 0.05) is 24.6 Å². The molecule has 0 radical (unpaired) electrons.